The minimum absolute atomic E-state index is 0.0955. The maximum absolute atomic E-state index is 12.0. The number of fused-ring (bicyclic) bond motifs is 2. The van der Waals surface area contributed by atoms with Crippen molar-refractivity contribution < 1.29 is 4.79 Å². The molecule has 2 heteroatoms. The van der Waals surface area contributed by atoms with Gasteiger partial charge in [-0.15, -0.1) is 0 Å². The average Bonchev–Trinajstić information content (AvgIpc) is 2.92. The Labute approximate surface area is 96.1 Å². The van der Waals surface area contributed by atoms with Gasteiger partial charge in [0.05, 0.1) is 0 Å². The van der Waals surface area contributed by atoms with Gasteiger partial charge in [0, 0.05) is 11.6 Å². The van der Waals surface area contributed by atoms with Gasteiger partial charge in [-0.1, -0.05) is 24.6 Å². The lowest BCUT2D eigenvalue weighted by Gasteiger charge is -2.22. The van der Waals surface area contributed by atoms with E-state index in [4.69, 9.17) is 0 Å². The fourth-order valence-corrected chi connectivity index (χ4v) is 3.26. The second kappa shape index (κ2) is 3.93. The van der Waals surface area contributed by atoms with E-state index in [-0.39, 0.29) is 5.91 Å². The van der Waals surface area contributed by atoms with Crippen LogP contribution in [0, 0.1) is 11.8 Å². The molecule has 0 unspecified atom stereocenters. The zero-order chi connectivity index (χ0) is 11.0. The summed E-state index contributed by atoms with van der Waals surface area (Å²) in [7, 11) is 0. The fourth-order valence-electron chi connectivity index (χ4n) is 3.26. The first-order valence-corrected chi connectivity index (χ1v) is 6.19. The van der Waals surface area contributed by atoms with Crippen molar-refractivity contribution in [2.24, 2.45) is 11.8 Å². The molecule has 2 bridgehead atoms. The molecule has 3 rings (SSSR count). The van der Waals surface area contributed by atoms with Crippen LogP contribution in [-0.2, 0) is 0 Å². The predicted molar refractivity (Wildman–Crippen MR) is 63.1 cm³/mol. The highest BCUT2D eigenvalue weighted by molar-refractivity contribution is 5.94. The van der Waals surface area contributed by atoms with Crippen LogP contribution in [0.4, 0.5) is 0 Å². The van der Waals surface area contributed by atoms with Crippen molar-refractivity contribution in [2.75, 3.05) is 0 Å². The first-order chi connectivity index (χ1) is 7.83. The molecule has 2 aliphatic rings. The van der Waals surface area contributed by atoms with Crippen LogP contribution in [0.3, 0.4) is 0 Å². The highest BCUT2D eigenvalue weighted by atomic mass is 16.1. The van der Waals surface area contributed by atoms with E-state index in [1.165, 1.54) is 25.7 Å². The van der Waals surface area contributed by atoms with Crippen LogP contribution in [0.1, 0.15) is 36.0 Å². The van der Waals surface area contributed by atoms with Gasteiger partial charge in [-0.3, -0.25) is 4.79 Å². The second-order valence-electron chi connectivity index (χ2n) is 5.12. The number of carbonyl (C=O) groups excluding carboxylic acids is 1. The summed E-state index contributed by atoms with van der Waals surface area (Å²) in [5, 5.41) is 3.19. The van der Waals surface area contributed by atoms with Crippen molar-refractivity contribution in [3.63, 3.8) is 0 Å². The van der Waals surface area contributed by atoms with E-state index < -0.39 is 0 Å². The van der Waals surface area contributed by atoms with Gasteiger partial charge in [0.15, 0.2) is 0 Å². The van der Waals surface area contributed by atoms with Crippen LogP contribution in [0.25, 0.3) is 0 Å². The van der Waals surface area contributed by atoms with Crippen molar-refractivity contribution in [3.05, 3.63) is 35.9 Å². The quantitative estimate of drug-likeness (QED) is 0.807. The molecule has 0 saturated heterocycles. The van der Waals surface area contributed by atoms with Crippen LogP contribution in [-0.4, -0.2) is 11.9 Å². The van der Waals surface area contributed by atoms with Crippen LogP contribution < -0.4 is 5.32 Å². The van der Waals surface area contributed by atoms with Crippen LogP contribution >= 0.6 is 0 Å². The summed E-state index contributed by atoms with van der Waals surface area (Å²) in [5.41, 5.74) is 0.783. The van der Waals surface area contributed by atoms with Gasteiger partial charge in [-0.25, -0.2) is 0 Å². The van der Waals surface area contributed by atoms with E-state index in [2.05, 4.69) is 5.32 Å². The summed E-state index contributed by atoms with van der Waals surface area (Å²) in [5.74, 6) is 1.72. The third kappa shape index (κ3) is 1.73. The standard InChI is InChI=1S/C14H17NO/c16-14(11-4-2-1-3-5-11)15-13-9-10-6-7-12(13)8-10/h1-5,10,12-13H,6-9H2,(H,15,16)/t10-,12+,13+/m0/s1. The summed E-state index contributed by atoms with van der Waals surface area (Å²) in [6.07, 6.45) is 5.22. The SMILES string of the molecule is O=C(N[C@@H]1C[C@H]2CC[C@@H]1C2)c1ccccc1. The molecule has 1 amide bonds. The minimum atomic E-state index is 0.0955. The Hall–Kier alpha value is -1.31. The van der Waals surface area contributed by atoms with E-state index in [9.17, 15) is 4.79 Å². The molecular formula is C14H17NO. The maximum Gasteiger partial charge on any atom is 0.251 e. The Morgan fingerprint density at radius 1 is 1.12 bits per heavy atom. The van der Waals surface area contributed by atoms with Crippen molar-refractivity contribution >= 4 is 5.91 Å². The lowest BCUT2D eigenvalue weighted by molar-refractivity contribution is 0.0923. The lowest BCUT2D eigenvalue weighted by atomic mass is 9.95. The van der Waals surface area contributed by atoms with Crippen LogP contribution in [0.2, 0.25) is 0 Å². The molecule has 0 spiro atoms. The summed E-state index contributed by atoms with van der Waals surface area (Å²) in [6.45, 7) is 0. The molecule has 1 aromatic carbocycles. The molecule has 16 heavy (non-hydrogen) atoms. The molecule has 0 heterocycles. The molecule has 2 nitrogen and oxygen atoms in total. The molecule has 0 aliphatic heterocycles. The first kappa shape index (κ1) is 9.88. The fraction of sp³-hybridized carbons (Fsp3) is 0.500. The molecule has 1 aromatic rings. The van der Waals surface area contributed by atoms with Gasteiger partial charge in [0.2, 0.25) is 0 Å². The zero-order valence-corrected chi connectivity index (χ0v) is 9.36. The molecule has 2 saturated carbocycles. The number of benzene rings is 1. The van der Waals surface area contributed by atoms with Gasteiger partial charge >= 0.3 is 0 Å². The van der Waals surface area contributed by atoms with Gasteiger partial charge in [-0.05, 0) is 43.2 Å². The molecule has 1 N–H and O–H groups in total. The Bertz CT molecular complexity index is 387. The van der Waals surface area contributed by atoms with Crippen LogP contribution in [0.5, 0.6) is 0 Å². The zero-order valence-electron chi connectivity index (χ0n) is 9.36. The van der Waals surface area contributed by atoms with Crippen molar-refractivity contribution in [1.29, 1.82) is 0 Å². The molecule has 0 radical (unpaired) electrons. The Kier molecular flexibility index (Phi) is 2.43. The highest BCUT2D eigenvalue weighted by Gasteiger charge is 2.40. The molecule has 0 aromatic heterocycles. The number of hydrogen-bond acceptors (Lipinski definition) is 1. The summed E-state index contributed by atoms with van der Waals surface area (Å²) in [4.78, 5) is 12.0. The van der Waals surface area contributed by atoms with E-state index >= 15 is 0 Å². The highest BCUT2D eigenvalue weighted by Crippen LogP contribution is 2.44. The monoisotopic (exact) mass is 215 g/mol. The topological polar surface area (TPSA) is 29.1 Å². The largest absolute Gasteiger partial charge is 0.349 e. The maximum atomic E-state index is 12.0. The average molecular weight is 215 g/mol. The third-order valence-corrected chi connectivity index (χ3v) is 4.09. The van der Waals surface area contributed by atoms with E-state index in [0.29, 0.717) is 6.04 Å². The number of amides is 1. The smallest absolute Gasteiger partial charge is 0.251 e. The molecule has 2 aliphatic carbocycles. The Morgan fingerprint density at radius 3 is 2.56 bits per heavy atom. The Morgan fingerprint density at radius 2 is 1.94 bits per heavy atom. The van der Waals surface area contributed by atoms with Gasteiger partial charge in [0.25, 0.3) is 5.91 Å². The van der Waals surface area contributed by atoms with Gasteiger partial charge in [-0.2, -0.15) is 0 Å². The minimum Gasteiger partial charge on any atom is -0.349 e. The van der Waals surface area contributed by atoms with Gasteiger partial charge in [0.1, 0.15) is 0 Å². The Balaban J connectivity index is 1.65. The predicted octanol–water partition coefficient (Wildman–Crippen LogP) is 2.61. The summed E-state index contributed by atoms with van der Waals surface area (Å²) >= 11 is 0. The third-order valence-electron chi connectivity index (χ3n) is 4.09. The van der Waals surface area contributed by atoms with Crippen molar-refractivity contribution in [2.45, 2.75) is 31.7 Å². The van der Waals surface area contributed by atoms with Gasteiger partial charge < -0.3 is 5.32 Å². The second-order valence-corrected chi connectivity index (χ2v) is 5.12. The van der Waals surface area contributed by atoms with Crippen molar-refractivity contribution in [3.8, 4) is 0 Å². The number of hydrogen-bond donors (Lipinski definition) is 1. The molecule has 2 fully saturated rings. The van der Waals surface area contributed by atoms with E-state index in [1.54, 1.807) is 0 Å². The normalized spacial score (nSPS) is 31.6. The van der Waals surface area contributed by atoms with Crippen molar-refractivity contribution in [1.82, 2.24) is 5.32 Å². The summed E-state index contributed by atoms with van der Waals surface area (Å²) in [6, 6.07) is 9.96. The molecular weight excluding hydrogens is 198 g/mol. The van der Waals surface area contributed by atoms with E-state index in [1.807, 2.05) is 30.3 Å². The number of carbonyl (C=O) groups is 1. The number of rotatable bonds is 2. The van der Waals surface area contributed by atoms with E-state index in [0.717, 1.165) is 17.4 Å². The molecule has 3 atom stereocenters. The lowest BCUT2D eigenvalue weighted by Crippen LogP contribution is -2.38. The summed E-state index contributed by atoms with van der Waals surface area (Å²) < 4.78 is 0. The first-order valence-electron chi connectivity index (χ1n) is 6.19. The molecule has 84 valence electrons. The van der Waals surface area contributed by atoms with Crippen LogP contribution in [0.15, 0.2) is 30.3 Å². The number of nitrogens with one attached hydrogen (secondary N) is 1.